The molecular weight excluding hydrogens is 747 g/mol. The Hall–Kier alpha value is -4.24. The summed E-state index contributed by atoms with van der Waals surface area (Å²) in [6, 6.07) is 35.5. The molecule has 2 saturated carbocycles. The zero-order chi connectivity index (χ0) is 44.1. The molecule has 4 aliphatic rings. The van der Waals surface area contributed by atoms with E-state index in [0.717, 1.165) is 0 Å². The molecule has 2 aliphatic carbocycles. The first-order valence-corrected chi connectivity index (χ1v) is 24.5. The van der Waals surface area contributed by atoms with E-state index >= 15 is 0 Å². The molecule has 0 atom stereocenters. The second kappa shape index (κ2) is 15.5. The molecule has 0 spiro atoms. The van der Waals surface area contributed by atoms with Crippen LogP contribution in [0.3, 0.4) is 0 Å². The molecule has 3 heteroatoms. The lowest BCUT2D eigenvalue weighted by Crippen LogP contribution is -2.61. The van der Waals surface area contributed by atoms with Gasteiger partial charge in [-0.1, -0.05) is 158 Å². The summed E-state index contributed by atoms with van der Waals surface area (Å²) in [5, 5.41) is 0. The van der Waals surface area contributed by atoms with Gasteiger partial charge in [0.05, 0.1) is 0 Å². The maximum absolute atomic E-state index is 2.69. The Morgan fingerprint density at radius 3 is 1.06 bits per heavy atom. The van der Waals surface area contributed by atoms with Crippen molar-refractivity contribution >= 4 is 57.2 Å². The number of hydrogen-bond acceptors (Lipinski definition) is 2. The van der Waals surface area contributed by atoms with Gasteiger partial charge in [-0.3, -0.25) is 0 Å². The van der Waals surface area contributed by atoms with Gasteiger partial charge in [0, 0.05) is 34.1 Å². The highest BCUT2D eigenvalue weighted by molar-refractivity contribution is 7.00. The van der Waals surface area contributed by atoms with Gasteiger partial charge >= 0.3 is 0 Å². The lowest BCUT2D eigenvalue weighted by molar-refractivity contribution is 0.444. The lowest BCUT2D eigenvalue weighted by Gasteiger charge is -2.45. The number of fused-ring (bicyclic) bond motifs is 4. The minimum atomic E-state index is 0.00211. The van der Waals surface area contributed by atoms with E-state index in [1.165, 1.54) is 143 Å². The van der Waals surface area contributed by atoms with Crippen molar-refractivity contribution < 1.29 is 0 Å². The Morgan fingerprint density at radius 2 is 0.742 bits per heavy atom. The highest BCUT2D eigenvalue weighted by Crippen LogP contribution is 2.48. The molecular formula is C59H75BN2. The van der Waals surface area contributed by atoms with E-state index in [1.54, 1.807) is 11.1 Å². The van der Waals surface area contributed by atoms with Gasteiger partial charge in [-0.05, 0) is 170 Å². The van der Waals surface area contributed by atoms with E-state index < -0.39 is 0 Å². The van der Waals surface area contributed by atoms with Gasteiger partial charge in [-0.15, -0.1) is 0 Å². The van der Waals surface area contributed by atoms with Crippen molar-refractivity contribution in [1.82, 2.24) is 0 Å². The predicted octanol–water partition coefficient (Wildman–Crippen LogP) is 15.4. The van der Waals surface area contributed by atoms with Gasteiger partial charge in [-0.25, -0.2) is 0 Å². The number of nitrogens with zero attached hydrogens (tertiary/aromatic N) is 2. The minimum absolute atomic E-state index is 0.00211. The Labute approximate surface area is 377 Å². The third-order valence-corrected chi connectivity index (χ3v) is 15.2. The Balaban J connectivity index is 1.38. The summed E-state index contributed by atoms with van der Waals surface area (Å²) >= 11 is 0. The molecule has 62 heavy (non-hydrogen) atoms. The van der Waals surface area contributed by atoms with Crippen LogP contribution in [0, 0.1) is 6.92 Å². The monoisotopic (exact) mass is 823 g/mol. The van der Waals surface area contributed by atoms with Crippen molar-refractivity contribution in [2.75, 3.05) is 9.80 Å². The van der Waals surface area contributed by atoms with Gasteiger partial charge in [0.2, 0.25) is 0 Å². The molecule has 0 saturated heterocycles. The average Bonchev–Trinajstić information content (AvgIpc) is 3.22. The molecule has 2 aliphatic heterocycles. The normalized spacial score (nSPS) is 17.5. The van der Waals surface area contributed by atoms with Crippen molar-refractivity contribution in [2.45, 2.75) is 188 Å². The molecule has 2 heterocycles. The zero-order valence-corrected chi connectivity index (χ0v) is 40.8. The molecule has 5 aromatic rings. The zero-order valence-electron chi connectivity index (χ0n) is 40.8. The summed E-state index contributed by atoms with van der Waals surface area (Å²) in [5.41, 5.74) is 22.3. The lowest BCUT2D eigenvalue weighted by atomic mass is 9.33. The van der Waals surface area contributed by atoms with Gasteiger partial charge in [0.25, 0.3) is 6.71 Å². The fourth-order valence-corrected chi connectivity index (χ4v) is 11.3. The van der Waals surface area contributed by atoms with E-state index in [1.807, 2.05) is 0 Å². The first-order chi connectivity index (χ1) is 29.2. The summed E-state index contributed by atoms with van der Waals surface area (Å²) in [6.07, 6.45) is 13.3. The summed E-state index contributed by atoms with van der Waals surface area (Å²) in [6.45, 7) is 31.0. The topological polar surface area (TPSA) is 6.48 Å². The SMILES string of the molecule is Cc1cc2c3c(c1)N(c1cc(C(C)(C)C)cc(C(C)(C)C)c1)c1ccc(C4CCCCC4)cc1B3c1cc(C3CCCCC3)ccc1N2c1cc(C(C)(C)C)cc(C(C)(C)C)c1. The Morgan fingerprint density at radius 1 is 0.403 bits per heavy atom. The van der Waals surface area contributed by atoms with E-state index in [-0.39, 0.29) is 28.4 Å². The number of hydrogen-bond donors (Lipinski definition) is 0. The van der Waals surface area contributed by atoms with Crippen molar-refractivity contribution in [2.24, 2.45) is 0 Å². The van der Waals surface area contributed by atoms with Crippen molar-refractivity contribution in [1.29, 1.82) is 0 Å². The highest BCUT2D eigenvalue weighted by Gasteiger charge is 2.45. The maximum Gasteiger partial charge on any atom is 0.252 e. The van der Waals surface area contributed by atoms with Crippen LogP contribution in [0.1, 0.15) is 198 Å². The molecule has 324 valence electrons. The Bertz CT molecular complexity index is 2270. The first-order valence-electron chi connectivity index (χ1n) is 24.5. The van der Waals surface area contributed by atoms with Crippen LogP contribution < -0.4 is 26.2 Å². The highest BCUT2D eigenvalue weighted by atomic mass is 15.2. The van der Waals surface area contributed by atoms with Crippen molar-refractivity contribution in [3.05, 3.63) is 124 Å². The van der Waals surface area contributed by atoms with E-state index in [9.17, 15) is 0 Å². The van der Waals surface area contributed by atoms with Crippen LogP contribution >= 0.6 is 0 Å². The number of anilines is 6. The summed E-state index contributed by atoms with van der Waals surface area (Å²) in [7, 11) is 0. The molecule has 0 aromatic heterocycles. The van der Waals surface area contributed by atoms with Crippen LogP contribution in [0.4, 0.5) is 34.1 Å². The number of aryl methyl sites for hydroxylation is 1. The van der Waals surface area contributed by atoms with E-state index in [2.05, 4.69) is 185 Å². The quantitative estimate of drug-likeness (QED) is 0.163. The minimum Gasteiger partial charge on any atom is -0.311 e. The van der Waals surface area contributed by atoms with Gasteiger partial charge in [-0.2, -0.15) is 0 Å². The van der Waals surface area contributed by atoms with Crippen LogP contribution in [0.5, 0.6) is 0 Å². The summed E-state index contributed by atoms with van der Waals surface area (Å²) < 4.78 is 0. The summed E-state index contributed by atoms with van der Waals surface area (Å²) in [5.74, 6) is 1.25. The molecule has 0 unspecified atom stereocenters. The van der Waals surface area contributed by atoms with E-state index in [0.29, 0.717) is 11.8 Å². The van der Waals surface area contributed by atoms with Crippen LogP contribution in [-0.4, -0.2) is 6.71 Å². The van der Waals surface area contributed by atoms with Crippen LogP contribution in [0.25, 0.3) is 0 Å². The standard InChI is InChI=1S/C59H75BN2/c1-38-28-53-55-54(29-38)62(48-36-45(58(8,9)10)33-46(37-48)59(11,12)13)52-27-25-42(40-22-18-15-19-23-40)31-50(52)60(55)49-30-41(39-20-16-14-17-21-39)24-26-51(49)61(53)47-34-43(56(2,3)4)32-44(35-47)57(5,6)7/h24-37,39-40H,14-23H2,1-13H3. The number of benzene rings is 5. The summed E-state index contributed by atoms with van der Waals surface area (Å²) in [4.78, 5) is 5.38. The van der Waals surface area contributed by atoms with Crippen molar-refractivity contribution in [3.8, 4) is 0 Å². The third kappa shape index (κ3) is 7.87. The fourth-order valence-electron chi connectivity index (χ4n) is 11.3. The van der Waals surface area contributed by atoms with Crippen molar-refractivity contribution in [3.63, 3.8) is 0 Å². The molecule has 0 bridgehead atoms. The molecule has 0 amide bonds. The van der Waals surface area contributed by atoms with Crippen LogP contribution in [0.2, 0.25) is 0 Å². The molecule has 2 nitrogen and oxygen atoms in total. The fraction of sp³-hybridized carbons (Fsp3) is 0.492. The Kier molecular flexibility index (Phi) is 10.7. The van der Waals surface area contributed by atoms with Gasteiger partial charge < -0.3 is 9.80 Å². The largest absolute Gasteiger partial charge is 0.311 e. The van der Waals surface area contributed by atoms with Crippen LogP contribution in [-0.2, 0) is 21.7 Å². The second-order valence-corrected chi connectivity index (χ2v) is 24.2. The third-order valence-electron chi connectivity index (χ3n) is 15.2. The molecule has 0 N–H and O–H groups in total. The maximum atomic E-state index is 2.69. The molecule has 0 radical (unpaired) electrons. The van der Waals surface area contributed by atoms with Gasteiger partial charge in [0.1, 0.15) is 0 Å². The molecule has 2 fully saturated rings. The van der Waals surface area contributed by atoms with Gasteiger partial charge in [0.15, 0.2) is 0 Å². The first kappa shape index (κ1) is 43.0. The second-order valence-electron chi connectivity index (χ2n) is 24.2. The smallest absolute Gasteiger partial charge is 0.252 e. The average molecular weight is 823 g/mol. The van der Waals surface area contributed by atoms with E-state index in [4.69, 9.17) is 0 Å². The number of rotatable bonds is 4. The molecule has 9 rings (SSSR count). The molecule has 5 aromatic carbocycles. The predicted molar refractivity (Wildman–Crippen MR) is 272 cm³/mol. The van der Waals surface area contributed by atoms with Crippen LogP contribution in [0.15, 0.2) is 84.9 Å².